The summed E-state index contributed by atoms with van der Waals surface area (Å²) in [5.74, 6) is -1.33. The Kier molecular flexibility index (Phi) is 5.19. The highest BCUT2D eigenvalue weighted by atomic mass is 16.4. The predicted octanol–water partition coefficient (Wildman–Crippen LogP) is 0.686. The SMILES string of the molecule is N#CN1C=CC=CC1.[B]C(=O)O. The van der Waals surface area contributed by atoms with Gasteiger partial charge in [-0.3, -0.25) is 9.69 Å². The van der Waals surface area contributed by atoms with E-state index in [2.05, 4.69) is 7.85 Å². The Morgan fingerprint density at radius 2 is 2.25 bits per heavy atom. The summed E-state index contributed by atoms with van der Waals surface area (Å²) in [7, 11) is 4.03. The predicted molar refractivity (Wildman–Crippen MR) is 44.4 cm³/mol. The fourth-order valence-corrected chi connectivity index (χ4v) is 0.542. The van der Waals surface area contributed by atoms with E-state index in [4.69, 9.17) is 15.2 Å². The van der Waals surface area contributed by atoms with E-state index in [1.165, 1.54) is 0 Å². The van der Waals surface area contributed by atoms with E-state index in [-0.39, 0.29) is 0 Å². The lowest BCUT2D eigenvalue weighted by Gasteiger charge is -2.07. The average molecular weight is 162 g/mol. The summed E-state index contributed by atoms with van der Waals surface area (Å²) in [6.07, 6.45) is 9.45. The van der Waals surface area contributed by atoms with E-state index in [1.807, 2.05) is 24.4 Å². The zero-order valence-corrected chi connectivity index (χ0v) is 6.34. The Bertz CT molecular complexity index is 238. The fraction of sp³-hybridized carbons (Fsp3) is 0.143. The molecule has 1 heterocycles. The van der Waals surface area contributed by atoms with Crippen molar-refractivity contribution in [3.8, 4) is 6.19 Å². The minimum absolute atomic E-state index is 0.715. The van der Waals surface area contributed by atoms with Crippen molar-refractivity contribution < 1.29 is 9.90 Å². The summed E-state index contributed by atoms with van der Waals surface area (Å²) in [5, 5.41) is 15.5. The number of carbonyl (C=O) groups is 1. The van der Waals surface area contributed by atoms with Crippen molar-refractivity contribution in [2.45, 2.75) is 0 Å². The largest absolute Gasteiger partial charge is 0.490 e. The number of nitriles is 1. The number of allylic oxidation sites excluding steroid dienone is 2. The van der Waals surface area contributed by atoms with E-state index in [0.29, 0.717) is 6.54 Å². The van der Waals surface area contributed by atoms with E-state index >= 15 is 0 Å². The van der Waals surface area contributed by atoms with E-state index in [1.54, 1.807) is 11.1 Å². The van der Waals surface area contributed by atoms with Crippen LogP contribution in [0.3, 0.4) is 0 Å². The molecular weight excluding hydrogens is 155 g/mol. The Balaban J connectivity index is 0.000000261. The molecule has 0 atom stereocenters. The molecule has 1 N–H and O–H groups in total. The zero-order chi connectivity index (χ0) is 9.40. The number of rotatable bonds is 0. The van der Waals surface area contributed by atoms with Gasteiger partial charge in [-0.15, -0.1) is 0 Å². The molecular formula is C7H7BN2O2. The molecule has 0 aliphatic carbocycles. The summed E-state index contributed by atoms with van der Waals surface area (Å²) in [5.41, 5.74) is 0. The second-order valence-corrected chi connectivity index (χ2v) is 1.86. The Morgan fingerprint density at radius 1 is 1.67 bits per heavy atom. The van der Waals surface area contributed by atoms with Gasteiger partial charge in [-0.25, -0.2) is 0 Å². The number of nitrogens with zero attached hydrogens (tertiary/aromatic N) is 2. The highest BCUT2D eigenvalue weighted by molar-refractivity contribution is 6.54. The topological polar surface area (TPSA) is 64.3 Å². The van der Waals surface area contributed by atoms with Gasteiger partial charge in [0.2, 0.25) is 13.7 Å². The Labute approximate surface area is 71.8 Å². The van der Waals surface area contributed by atoms with Gasteiger partial charge in [0.15, 0.2) is 6.19 Å². The molecule has 0 saturated heterocycles. The highest BCUT2D eigenvalue weighted by Crippen LogP contribution is 1.93. The van der Waals surface area contributed by atoms with Gasteiger partial charge in [0.1, 0.15) is 0 Å². The first kappa shape index (κ1) is 10.3. The number of carboxylic acid groups (broad SMARTS) is 1. The molecule has 4 nitrogen and oxygen atoms in total. The number of hydrogen-bond donors (Lipinski definition) is 1. The molecule has 0 aromatic carbocycles. The molecule has 0 unspecified atom stereocenters. The van der Waals surface area contributed by atoms with Crippen molar-refractivity contribution in [2.75, 3.05) is 6.54 Å². The molecule has 1 rings (SSSR count). The summed E-state index contributed by atoms with van der Waals surface area (Å²) in [4.78, 5) is 10.3. The molecule has 60 valence electrons. The summed E-state index contributed by atoms with van der Waals surface area (Å²) in [6.45, 7) is 0.715. The van der Waals surface area contributed by atoms with E-state index < -0.39 is 5.87 Å². The normalized spacial score (nSPS) is 12.8. The molecule has 0 saturated carbocycles. The van der Waals surface area contributed by atoms with E-state index in [9.17, 15) is 0 Å². The first-order valence-electron chi connectivity index (χ1n) is 3.15. The standard InChI is InChI=1S/C6H6N2.CHBO2/c7-6-8-4-2-1-3-5-8;2-1(3)4/h1-4H,5H2;(H,3,4). The van der Waals surface area contributed by atoms with Gasteiger partial charge in [-0.2, -0.15) is 5.26 Å². The maximum absolute atomic E-state index is 8.78. The van der Waals surface area contributed by atoms with Crippen molar-refractivity contribution in [3.63, 3.8) is 0 Å². The third-order valence-electron chi connectivity index (χ3n) is 0.944. The summed E-state index contributed by atoms with van der Waals surface area (Å²) in [6, 6.07) is 0. The highest BCUT2D eigenvalue weighted by Gasteiger charge is 1.92. The van der Waals surface area contributed by atoms with Gasteiger partial charge in [0.25, 0.3) is 0 Å². The minimum Gasteiger partial charge on any atom is -0.490 e. The van der Waals surface area contributed by atoms with Gasteiger partial charge in [-0.1, -0.05) is 12.2 Å². The molecule has 12 heavy (non-hydrogen) atoms. The lowest BCUT2D eigenvalue weighted by atomic mass is 10.2. The van der Waals surface area contributed by atoms with Gasteiger partial charge < -0.3 is 5.11 Å². The maximum Gasteiger partial charge on any atom is 0.233 e. The molecule has 0 spiro atoms. The van der Waals surface area contributed by atoms with Crippen LogP contribution in [0.2, 0.25) is 0 Å². The van der Waals surface area contributed by atoms with Crippen LogP contribution in [0.1, 0.15) is 0 Å². The molecule has 2 radical (unpaired) electrons. The van der Waals surface area contributed by atoms with Crippen molar-refractivity contribution in [1.82, 2.24) is 4.90 Å². The van der Waals surface area contributed by atoms with Crippen LogP contribution >= 0.6 is 0 Å². The Hall–Kier alpha value is -1.70. The van der Waals surface area contributed by atoms with Crippen molar-refractivity contribution in [1.29, 1.82) is 5.26 Å². The first-order valence-corrected chi connectivity index (χ1v) is 3.15. The van der Waals surface area contributed by atoms with Crippen molar-refractivity contribution in [2.24, 2.45) is 0 Å². The lowest BCUT2D eigenvalue weighted by molar-refractivity contribution is 0.220. The molecule has 0 bridgehead atoms. The quantitative estimate of drug-likeness (QED) is 0.420. The third kappa shape index (κ3) is 6.43. The van der Waals surface area contributed by atoms with Crippen LogP contribution in [-0.2, 0) is 0 Å². The average Bonchev–Trinajstić information content (AvgIpc) is 2.05. The molecule has 1 aliphatic rings. The van der Waals surface area contributed by atoms with E-state index in [0.717, 1.165) is 0 Å². The van der Waals surface area contributed by atoms with Crippen molar-refractivity contribution in [3.05, 3.63) is 24.4 Å². The van der Waals surface area contributed by atoms with Crippen LogP contribution in [0.15, 0.2) is 24.4 Å². The second kappa shape index (κ2) is 6.04. The molecule has 0 fully saturated rings. The van der Waals surface area contributed by atoms with Gasteiger partial charge in [0, 0.05) is 6.20 Å². The molecule has 0 amide bonds. The van der Waals surface area contributed by atoms with Crippen LogP contribution in [-0.4, -0.2) is 30.3 Å². The lowest BCUT2D eigenvalue weighted by Crippen LogP contribution is -2.10. The van der Waals surface area contributed by atoms with Crippen molar-refractivity contribution >= 4 is 13.7 Å². The van der Waals surface area contributed by atoms with Crippen LogP contribution in [0, 0.1) is 11.5 Å². The summed E-state index contributed by atoms with van der Waals surface area (Å²) < 4.78 is 0. The number of hydrogen-bond acceptors (Lipinski definition) is 3. The Morgan fingerprint density at radius 3 is 2.50 bits per heavy atom. The molecule has 0 aromatic rings. The molecule has 0 aromatic heterocycles. The van der Waals surface area contributed by atoms with Gasteiger partial charge in [0.05, 0.1) is 6.54 Å². The smallest absolute Gasteiger partial charge is 0.233 e. The molecule has 1 aliphatic heterocycles. The zero-order valence-electron chi connectivity index (χ0n) is 6.34. The third-order valence-corrected chi connectivity index (χ3v) is 0.944. The molecule has 5 heteroatoms. The van der Waals surface area contributed by atoms with Crippen LogP contribution in [0.25, 0.3) is 0 Å². The maximum atomic E-state index is 8.78. The summed E-state index contributed by atoms with van der Waals surface area (Å²) >= 11 is 0. The van der Waals surface area contributed by atoms with Crippen LogP contribution in [0.4, 0.5) is 4.79 Å². The fourth-order valence-electron chi connectivity index (χ4n) is 0.542. The van der Waals surface area contributed by atoms with Gasteiger partial charge >= 0.3 is 0 Å². The van der Waals surface area contributed by atoms with Gasteiger partial charge in [-0.05, 0) is 6.08 Å². The van der Waals surface area contributed by atoms with Crippen LogP contribution in [0.5, 0.6) is 0 Å². The second-order valence-electron chi connectivity index (χ2n) is 1.86. The van der Waals surface area contributed by atoms with Crippen LogP contribution < -0.4 is 0 Å². The minimum atomic E-state index is -1.33. The first-order chi connectivity index (χ1) is 5.66. The monoisotopic (exact) mass is 162 g/mol.